The van der Waals surface area contributed by atoms with Gasteiger partial charge in [-0.25, -0.2) is 4.98 Å². The number of carbonyl (C=O) groups excluding carboxylic acids is 2. The molecule has 1 atom stereocenters. The molecule has 2 amide bonds. The third-order valence-corrected chi connectivity index (χ3v) is 5.72. The summed E-state index contributed by atoms with van der Waals surface area (Å²) >= 11 is 1.47. The van der Waals surface area contributed by atoms with E-state index >= 15 is 0 Å². The highest BCUT2D eigenvalue weighted by Gasteiger charge is 2.36. The molecule has 0 aliphatic carbocycles. The van der Waals surface area contributed by atoms with Gasteiger partial charge in [0.15, 0.2) is 10.8 Å². The monoisotopic (exact) mass is 345 g/mol. The topological polar surface area (TPSA) is 66.7 Å². The number of thiazole rings is 1. The van der Waals surface area contributed by atoms with Crippen molar-refractivity contribution >= 4 is 23.2 Å². The van der Waals surface area contributed by atoms with E-state index in [2.05, 4.69) is 4.98 Å². The van der Waals surface area contributed by atoms with Crippen molar-refractivity contribution in [3.8, 4) is 10.8 Å². The number of rotatable bonds is 3. The molecular weight excluding hydrogens is 326 g/mol. The molecule has 4 heterocycles. The quantitative estimate of drug-likeness (QED) is 0.857. The van der Waals surface area contributed by atoms with Gasteiger partial charge in [0.2, 0.25) is 5.91 Å². The highest BCUT2D eigenvalue weighted by Crippen LogP contribution is 2.30. The Labute approximate surface area is 144 Å². The minimum Gasteiger partial charge on any atom is -0.462 e. The van der Waals surface area contributed by atoms with E-state index in [4.69, 9.17) is 4.42 Å². The van der Waals surface area contributed by atoms with Crippen molar-refractivity contribution in [2.24, 2.45) is 0 Å². The van der Waals surface area contributed by atoms with Crippen LogP contribution in [0, 0.1) is 6.92 Å². The molecule has 0 saturated carbocycles. The van der Waals surface area contributed by atoms with Crippen LogP contribution < -0.4 is 0 Å². The van der Waals surface area contributed by atoms with Crippen LogP contribution in [0.1, 0.15) is 34.6 Å². The molecule has 24 heavy (non-hydrogen) atoms. The van der Waals surface area contributed by atoms with Crippen LogP contribution >= 0.6 is 11.3 Å². The Morgan fingerprint density at radius 1 is 1.42 bits per heavy atom. The average Bonchev–Trinajstić information content (AvgIpc) is 3.33. The van der Waals surface area contributed by atoms with E-state index in [1.807, 2.05) is 28.9 Å². The number of amides is 2. The van der Waals surface area contributed by atoms with Crippen LogP contribution in [0.3, 0.4) is 0 Å². The Morgan fingerprint density at radius 2 is 2.29 bits per heavy atom. The van der Waals surface area contributed by atoms with Crippen LogP contribution in [0.5, 0.6) is 0 Å². The summed E-state index contributed by atoms with van der Waals surface area (Å²) in [7, 11) is 0. The number of aromatic nitrogens is 1. The Balaban J connectivity index is 1.49. The van der Waals surface area contributed by atoms with Gasteiger partial charge in [-0.3, -0.25) is 9.59 Å². The second-order valence-electron chi connectivity index (χ2n) is 6.29. The predicted octanol–water partition coefficient (Wildman–Crippen LogP) is 2.55. The minimum absolute atomic E-state index is 0.0456. The zero-order chi connectivity index (χ0) is 16.7. The first-order valence-corrected chi connectivity index (χ1v) is 9.05. The molecule has 2 saturated heterocycles. The summed E-state index contributed by atoms with van der Waals surface area (Å²) in [6.07, 6.45) is 4.03. The third kappa shape index (κ3) is 2.62. The summed E-state index contributed by atoms with van der Waals surface area (Å²) in [5, 5.41) is 0.728. The van der Waals surface area contributed by atoms with E-state index in [-0.39, 0.29) is 17.9 Å². The molecule has 0 unspecified atom stereocenters. The maximum atomic E-state index is 12.8. The van der Waals surface area contributed by atoms with Gasteiger partial charge in [-0.05, 0) is 31.9 Å². The van der Waals surface area contributed by atoms with Gasteiger partial charge in [-0.2, -0.15) is 0 Å². The van der Waals surface area contributed by atoms with E-state index in [1.165, 1.54) is 11.3 Å². The van der Waals surface area contributed by atoms with Gasteiger partial charge < -0.3 is 14.2 Å². The average molecular weight is 345 g/mol. The van der Waals surface area contributed by atoms with E-state index in [1.54, 1.807) is 6.26 Å². The Bertz CT molecular complexity index is 768. The number of furan rings is 1. The first-order valence-electron chi connectivity index (χ1n) is 8.23. The van der Waals surface area contributed by atoms with Crippen molar-refractivity contribution in [3.05, 3.63) is 29.0 Å². The molecule has 0 spiro atoms. The fraction of sp³-hybridized carbons (Fsp3) is 0.471. The van der Waals surface area contributed by atoms with E-state index < -0.39 is 0 Å². The van der Waals surface area contributed by atoms with E-state index in [9.17, 15) is 9.59 Å². The highest BCUT2D eigenvalue weighted by molar-refractivity contribution is 7.15. The molecule has 0 radical (unpaired) electrons. The molecule has 2 aromatic rings. The van der Waals surface area contributed by atoms with Gasteiger partial charge in [0, 0.05) is 30.9 Å². The van der Waals surface area contributed by atoms with Crippen molar-refractivity contribution in [2.75, 3.05) is 19.6 Å². The normalized spacial score (nSPS) is 21.0. The lowest BCUT2D eigenvalue weighted by atomic mass is 10.2. The van der Waals surface area contributed by atoms with Crippen LogP contribution in [0.15, 0.2) is 22.8 Å². The second-order valence-corrected chi connectivity index (χ2v) is 7.49. The molecule has 2 fully saturated rings. The molecule has 6 nitrogen and oxygen atoms in total. The summed E-state index contributed by atoms with van der Waals surface area (Å²) in [4.78, 5) is 33.9. The number of aryl methyl sites for hydroxylation is 1. The molecule has 4 rings (SSSR count). The zero-order valence-corrected chi connectivity index (χ0v) is 14.3. The molecule has 2 aliphatic rings. The van der Waals surface area contributed by atoms with Gasteiger partial charge in [-0.1, -0.05) is 0 Å². The molecule has 0 N–H and O–H groups in total. The van der Waals surface area contributed by atoms with E-state index in [0.717, 1.165) is 29.3 Å². The lowest BCUT2D eigenvalue weighted by Gasteiger charge is -2.24. The Morgan fingerprint density at radius 3 is 3.00 bits per heavy atom. The first-order chi connectivity index (χ1) is 11.6. The van der Waals surface area contributed by atoms with Gasteiger partial charge in [0.05, 0.1) is 12.3 Å². The SMILES string of the molecule is Cc1sc(-c2ccco2)nc1C(=O)N1CC[C@H](N2CCCC2=O)C1. The summed E-state index contributed by atoms with van der Waals surface area (Å²) in [5.41, 5.74) is 0.500. The molecule has 7 heteroatoms. The van der Waals surface area contributed by atoms with Crippen LogP contribution in [0.2, 0.25) is 0 Å². The maximum absolute atomic E-state index is 12.8. The zero-order valence-electron chi connectivity index (χ0n) is 13.5. The summed E-state index contributed by atoms with van der Waals surface area (Å²) in [5.74, 6) is 0.860. The van der Waals surface area contributed by atoms with Gasteiger partial charge in [0.25, 0.3) is 5.91 Å². The fourth-order valence-electron chi connectivity index (χ4n) is 3.49. The summed E-state index contributed by atoms with van der Waals surface area (Å²) in [6, 6.07) is 3.82. The predicted molar refractivity (Wildman–Crippen MR) is 89.8 cm³/mol. The highest BCUT2D eigenvalue weighted by atomic mass is 32.1. The van der Waals surface area contributed by atoms with Crippen LogP contribution in [0.4, 0.5) is 0 Å². The molecule has 0 aromatic carbocycles. The van der Waals surface area contributed by atoms with Gasteiger partial charge in [-0.15, -0.1) is 11.3 Å². The molecule has 126 valence electrons. The number of likely N-dealkylation sites (tertiary alicyclic amines) is 2. The van der Waals surface area contributed by atoms with Gasteiger partial charge in [0.1, 0.15) is 5.69 Å². The van der Waals surface area contributed by atoms with Gasteiger partial charge >= 0.3 is 0 Å². The van der Waals surface area contributed by atoms with Crippen LogP contribution in [0.25, 0.3) is 10.8 Å². The van der Waals surface area contributed by atoms with Crippen LogP contribution in [-0.4, -0.2) is 52.3 Å². The van der Waals surface area contributed by atoms with Crippen molar-refractivity contribution in [1.82, 2.24) is 14.8 Å². The Kier molecular flexibility index (Phi) is 3.88. The van der Waals surface area contributed by atoms with Crippen molar-refractivity contribution in [3.63, 3.8) is 0 Å². The van der Waals surface area contributed by atoms with Crippen molar-refractivity contribution < 1.29 is 14.0 Å². The lowest BCUT2D eigenvalue weighted by Crippen LogP contribution is -2.39. The largest absolute Gasteiger partial charge is 0.462 e. The van der Waals surface area contributed by atoms with Crippen molar-refractivity contribution in [2.45, 2.75) is 32.2 Å². The standard InChI is InChI=1S/C17H19N3O3S/c1-11-15(18-16(24-11)13-4-3-9-23-13)17(22)19-8-6-12(10-19)20-7-2-5-14(20)21/h3-4,9,12H,2,5-8,10H2,1H3/t12-/m0/s1. The number of hydrogen-bond donors (Lipinski definition) is 0. The Hall–Kier alpha value is -2.15. The molecule has 0 bridgehead atoms. The second kappa shape index (κ2) is 6.05. The lowest BCUT2D eigenvalue weighted by molar-refractivity contribution is -0.129. The van der Waals surface area contributed by atoms with E-state index in [0.29, 0.717) is 31.0 Å². The molecule has 2 aliphatic heterocycles. The third-order valence-electron chi connectivity index (χ3n) is 4.73. The maximum Gasteiger partial charge on any atom is 0.273 e. The number of nitrogens with zero attached hydrogens (tertiary/aromatic N) is 3. The number of hydrogen-bond acceptors (Lipinski definition) is 5. The van der Waals surface area contributed by atoms with Crippen LogP contribution in [-0.2, 0) is 4.79 Å². The molecular formula is C17H19N3O3S. The smallest absolute Gasteiger partial charge is 0.273 e. The summed E-state index contributed by atoms with van der Waals surface area (Å²) in [6.45, 7) is 4.02. The number of carbonyl (C=O) groups is 2. The minimum atomic E-state index is -0.0456. The first kappa shape index (κ1) is 15.4. The fourth-order valence-corrected chi connectivity index (χ4v) is 4.36. The van der Waals surface area contributed by atoms with Crippen molar-refractivity contribution in [1.29, 1.82) is 0 Å². The molecule has 2 aromatic heterocycles. The summed E-state index contributed by atoms with van der Waals surface area (Å²) < 4.78 is 5.37.